The first kappa shape index (κ1) is 14.7. The summed E-state index contributed by atoms with van der Waals surface area (Å²) in [5.41, 5.74) is 2.74. The van der Waals surface area contributed by atoms with E-state index in [-0.39, 0.29) is 12.4 Å². The molecule has 0 fully saturated rings. The first-order valence-electron chi connectivity index (χ1n) is 6.16. The lowest BCUT2D eigenvalue weighted by Gasteiger charge is -2.13. The van der Waals surface area contributed by atoms with Crippen LogP contribution in [0.2, 0.25) is 0 Å². The van der Waals surface area contributed by atoms with Crippen molar-refractivity contribution >= 4 is 12.4 Å². The normalized spacial score (nSPS) is 11.6. The first-order valence-corrected chi connectivity index (χ1v) is 6.16. The number of rotatable bonds is 5. The van der Waals surface area contributed by atoms with E-state index in [0.29, 0.717) is 5.92 Å². The summed E-state index contributed by atoms with van der Waals surface area (Å²) < 4.78 is 0. The molecular weight excluding hydrogens is 242 g/mol. The van der Waals surface area contributed by atoms with Crippen LogP contribution in [0.1, 0.15) is 24.0 Å². The molecular formula is C16H20ClN. The number of halogens is 1. The summed E-state index contributed by atoms with van der Waals surface area (Å²) in [5, 5.41) is 3.50. The van der Waals surface area contributed by atoms with Gasteiger partial charge in [0.2, 0.25) is 0 Å². The molecule has 1 unspecified atom stereocenters. The van der Waals surface area contributed by atoms with Crippen molar-refractivity contribution in [2.75, 3.05) is 6.54 Å². The molecule has 0 aromatic heterocycles. The van der Waals surface area contributed by atoms with E-state index in [9.17, 15) is 0 Å². The quantitative estimate of drug-likeness (QED) is 0.858. The van der Waals surface area contributed by atoms with Crippen LogP contribution >= 0.6 is 12.4 Å². The third-order valence-corrected chi connectivity index (χ3v) is 2.99. The van der Waals surface area contributed by atoms with Crippen molar-refractivity contribution in [1.29, 1.82) is 0 Å². The molecule has 0 spiro atoms. The van der Waals surface area contributed by atoms with Gasteiger partial charge in [0.15, 0.2) is 0 Å². The molecule has 0 saturated heterocycles. The van der Waals surface area contributed by atoms with Gasteiger partial charge in [-0.3, -0.25) is 0 Å². The predicted octanol–water partition coefficient (Wildman–Crippen LogP) is 4.00. The summed E-state index contributed by atoms with van der Waals surface area (Å²) in [6, 6.07) is 21.2. The lowest BCUT2D eigenvalue weighted by atomic mass is 10.0. The monoisotopic (exact) mass is 261 g/mol. The van der Waals surface area contributed by atoms with Crippen LogP contribution in [0.3, 0.4) is 0 Å². The molecule has 18 heavy (non-hydrogen) atoms. The summed E-state index contributed by atoms with van der Waals surface area (Å²) in [7, 11) is 0. The Hall–Kier alpha value is -1.31. The molecule has 96 valence electrons. The molecule has 0 amide bonds. The Morgan fingerprint density at radius 2 is 1.44 bits per heavy atom. The van der Waals surface area contributed by atoms with Crippen molar-refractivity contribution in [2.45, 2.75) is 19.4 Å². The zero-order valence-electron chi connectivity index (χ0n) is 10.7. The Morgan fingerprint density at radius 1 is 0.889 bits per heavy atom. The minimum Gasteiger partial charge on any atom is -0.312 e. The highest BCUT2D eigenvalue weighted by molar-refractivity contribution is 5.85. The smallest absolute Gasteiger partial charge is 0.0205 e. The van der Waals surface area contributed by atoms with Gasteiger partial charge in [0, 0.05) is 13.1 Å². The van der Waals surface area contributed by atoms with Crippen LogP contribution in [0.4, 0.5) is 0 Å². The molecule has 2 aromatic carbocycles. The maximum absolute atomic E-state index is 3.50. The molecule has 0 bridgehead atoms. The second-order valence-corrected chi connectivity index (χ2v) is 4.43. The Morgan fingerprint density at radius 3 is 2.06 bits per heavy atom. The van der Waals surface area contributed by atoms with Gasteiger partial charge in [-0.1, -0.05) is 67.6 Å². The van der Waals surface area contributed by atoms with Gasteiger partial charge in [0.1, 0.15) is 0 Å². The molecule has 0 radical (unpaired) electrons. The number of nitrogens with one attached hydrogen (secondary N) is 1. The third kappa shape index (κ3) is 4.52. The Labute approximate surface area is 116 Å². The van der Waals surface area contributed by atoms with E-state index in [1.165, 1.54) is 11.1 Å². The van der Waals surface area contributed by atoms with E-state index in [1.54, 1.807) is 0 Å². The van der Waals surface area contributed by atoms with Crippen LogP contribution in [0.15, 0.2) is 60.7 Å². The van der Waals surface area contributed by atoms with Gasteiger partial charge < -0.3 is 5.32 Å². The van der Waals surface area contributed by atoms with E-state index in [0.717, 1.165) is 13.1 Å². The molecule has 0 saturated carbocycles. The average molecular weight is 262 g/mol. The molecule has 2 aromatic rings. The van der Waals surface area contributed by atoms with Crippen molar-refractivity contribution in [3.63, 3.8) is 0 Å². The van der Waals surface area contributed by atoms with E-state index in [1.807, 2.05) is 0 Å². The molecule has 0 heterocycles. The molecule has 0 aliphatic carbocycles. The maximum atomic E-state index is 3.50. The van der Waals surface area contributed by atoms with Crippen LogP contribution in [-0.2, 0) is 6.54 Å². The molecule has 1 nitrogen and oxygen atoms in total. The minimum atomic E-state index is 0. The van der Waals surface area contributed by atoms with Crippen LogP contribution < -0.4 is 5.32 Å². The molecule has 1 atom stereocenters. The predicted molar refractivity (Wildman–Crippen MR) is 80.3 cm³/mol. The van der Waals surface area contributed by atoms with E-state index in [4.69, 9.17) is 0 Å². The molecule has 0 aliphatic heterocycles. The second-order valence-electron chi connectivity index (χ2n) is 4.43. The number of benzene rings is 2. The summed E-state index contributed by atoms with van der Waals surface area (Å²) in [6.07, 6.45) is 0. The van der Waals surface area contributed by atoms with Gasteiger partial charge in [-0.15, -0.1) is 12.4 Å². The van der Waals surface area contributed by atoms with Crippen molar-refractivity contribution < 1.29 is 0 Å². The van der Waals surface area contributed by atoms with Crippen LogP contribution in [0.25, 0.3) is 0 Å². The largest absolute Gasteiger partial charge is 0.312 e. The zero-order valence-corrected chi connectivity index (χ0v) is 11.5. The Kier molecular flexibility index (Phi) is 6.48. The second kappa shape index (κ2) is 7.91. The summed E-state index contributed by atoms with van der Waals surface area (Å²) in [6.45, 7) is 4.21. The lowest BCUT2D eigenvalue weighted by Crippen LogP contribution is -2.19. The SMILES string of the molecule is CC(CNCc1ccccc1)c1ccccc1.Cl. The minimum absolute atomic E-state index is 0. The zero-order chi connectivity index (χ0) is 11.9. The van der Waals surface area contributed by atoms with Gasteiger partial charge in [-0.25, -0.2) is 0 Å². The maximum Gasteiger partial charge on any atom is 0.0205 e. The Bertz CT molecular complexity index is 427. The van der Waals surface area contributed by atoms with E-state index >= 15 is 0 Å². The van der Waals surface area contributed by atoms with E-state index < -0.39 is 0 Å². The third-order valence-electron chi connectivity index (χ3n) is 2.99. The average Bonchev–Trinajstić information content (AvgIpc) is 2.41. The molecule has 0 aliphatic rings. The molecule has 2 heteroatoms. The Balaban J connectivity index is 0.00000162. The van der Waals surface area contributed by atoms with Gasteiger partial charge in [-0.05, 0) is 17.0 Å². The van der Waals surface area contributed by atoms with Gasteiger partial charge in [0.05, 0.1) is 0 Å². The van der Waals surface area contributed by atoms with Crippen molar-refractivity contribution in [1.82, 2.24) is 5.32 Å². The lowest BCUT2D eigenvalue weighted by molar-refractivity contribution is 0.615. The first-order chi connectivity index (χ1) is 8.36. The van der Waals surface area contributed by atoms with Crippen molar-refractivity contribution in [3.05, 3.63) is 71.8 Å². The van der Waals surface area contributed by atoms with Gasteiger partial charge in [0.25, 0.3) is 0 Å². The van der Waals surface area contributed by atoms with Crippen LogP contribution in [0, 0.1) is 0 Å². The van der Waals surface area contributed by atoms with Crippen molar-refractivity contribution in [3.8, 4) is 0 Å². The topological polar surface area (TPSA) is 12.0 Å². The summed E-state index contributed by atoms with van der Waals surface area (Å²) in [4.78, 5) is 0. The molecule has 1 N–H and O–H groups in total. The number of hydrogen-bond acceptors (Lipinski definition) is 1. The highest BCUT2D eigenvalue weighted by Crippen LogP contribution is 2.13. The highest BCUT2D eigenvalue weighted by atomic mass is 35.5. The van der Waals surface area contributed by atoms with Gasteiger partial charge >= 0.3 is 0 Å². The standard InChI is InChI=1S/C16H19N.ClH/c1-14(16-10-6-3-7-11-16)12-17-13-15-8-4-2-5-9-15;/h2-11,14,17H,12-13H2,1H3;1H. The number of hydrogen-bond donors (Lipinski definition) is 1. The molecule has 2 rings (SSSR count). The highest BCUT2D eigenvalue weighted by Gasteiger charge is 2.03. The van der Waals surface area contributed by atoms with Crippen LogP contribution in [-0.4, -0.2) is 6.54 Å². The fourth-order valence-corrected chi connectivity index (χ4v) is 1.93. The summed E-state index contributed by atoms with van der Waals surface area (Å²) >= 11 is 0. The summed E-state index contributed by atoms with van der Waals surface area (Å²) in [5.74, 6) is 0.555. The van der Waals surface area contributed by atoms with Crippen molar-refractivity contribution in [2.24, 2.45) is 0 Å². The van der Waals surface area contributed by atoms with Crippen LogP contribution in [0.5, 0.6) is 0 Å². The fraction of sp³-hybridized carbons (Fsp3) is 0.250. The van der Waals surface area contributed by atoms with Gasteiger partial charge in [-0.2, -0.15) is 0 Å². The van der Waals surface area contributed by atoms with E-state index in [2.05, 4.69) is 72.9 Å². The fourth-order valence-electron chi connectivity index (χ4n) is 1.93.